The van der Waals surface area contributed by atoms with Gasteiger partial charge in [-0.05, 0) is 26.0 Å². The highest BCUT2D eigenvalue weighted by molar-refractivity contribution is 5.95. The fourth-order valence-corrected chi connectivity index (χ4v) is 3.30. The van der Waals surface area contributed by atoms with Crippen LogP contribution in [0.1, 0.15) is 13.8 Å². The van der Waals surface area contributed by atoms with E-state index in [4.69, 9.17) is 0 Å². The molecule has 0 spiro atoms. The first-order valence-corrected chi connectivity index (χ1v) is 9.15. The lowest BCUT2D eigenvalue weighted by Gasteiger charge is -2.11. The minimum atomic E-state index is -0.478. The molecule has 0 aliphatic carbocycles. The summed E-state index contributed by atoms with van der Waals surface area (Å²) in [7, 11) is 0. The van der Waals surface area contributed by atoms with Gasteiger partial charge in [0.1, 0.15) is 11.4 Å². The van der Waals surface area contributed by atoms with Gasteiger partial charge in [-0.15, -0.1) is 0 Å². The highest BCUT2D eigenvalue weighted by atomic mass is 19.1. The monoisotopic (exact) mass is 388 g/mol. The number of H-pyrrole nitrogens is 2. The third-order valence-corrected chi connectivity index (χ3v) is 4.52. The molecule has 0 aliphatic heterocycles. The van der Waals surface area contributed by atoms with Crippen molar-refractivity contribution < 1.29 is 4.39 Å². The molecule has 0 saturated heterocycles. The Kier molecular flexibility index (Phi) is 3.94. The van der Waals surface area contributed by atoms with Crippen molar-refractivity contribution in [2.75, 3.05) is 5.32 Å². The molecule has 5 heterocycles. The average Bonchev–Trinajstić information content (AvgIpc) is 3.32. The molecule has 5 aromatic rings. The number of pyridine rings is 3. The molecule has 0 saturated carbocycles. The van der Waals surface area contributed by atoms with Gasteiger partial charge in [0, 0.05) is 30.2 Å². The molecule has 0 fully saturated rings. The molecular weight excluding hydrogens is 371 g/mol. The molecule has 0 bridgehead atoms. The van der Waals surface area contributed by atoms with Crippen LogP contribution in [0, 0.1) is 5.82 Å². The van der Waals surface area contributed by atoms with E-state index in [0.29, 0.717) is 28.0 Å². The highest BCUT2D eigenvalue weighted by Gasteiger charge is 2.20. The van der Waals surface area contributed by atoms with E-state index in [1.807, 2.05) is 19.9 Å². The lowest BCUT2D eigenvalue weighted by Crippen LogP contribution is -2.09. The number of halogens is 1. The summed E-state index contributed by atoms with van der Waals surface area (Å²) in [5.74, 6) is -0.0167. The number of hydrogen-bond donors (Lipinski definition) is 3. The van der Waals surface area contributed by atoms with Gasteiger partial charge in [-0.2, -0.15) is 5.10 Å². The first kappa shape index (κ1) is 17.2. The minimum absolute atomic E-state index is 0.206. The maximum absolute atomic E-state index is 15.6. The molecule has 144 valence electrons. The summed E-state index contributed by atoms with van der Waals surface area (Å²) < 4.78 is 15.6. The normalized spacial score (nSPS) is 11.6. The smallest absolute Gasteiger partial charge is 0.161 e. The topological polar surface area (TPSA) is 108 Å². The van der Waals surface area contributed by atoms with E-state index in [0.717, 1.165) is 16.7 Å². The number of aromatic amines is 2. The minimum Gasteiger partial charge on any atom is -0.382 e. The first-order chi connectivity index (χ1) is 14.1. The maximum atomic E-state index is 15.6. The number of imidazole rings is 1. The number of nitrogens with zero attached hydrogens (tertiary/aromatic N) is 5. The lowest BCUT2D eigenvalue weighted by atomic mass is 10.1. The van der Waals surface area contributed by atoms with Gasteiger partial charge < -0.3 is 10.3 Å². The van der Waals surface area contributed by atoms with Gasteiger partial charge in [0.2, 0.25) is 0 Å². The summed E-state index contributed by atoms with van der Waals surface area (Å²) in [6.07, 6.45) is 8.18. The van der Waals surface area contributed by atoms with E-state index in [1.54, 1.807) is 37.1 Å². The van der Waals surface area contributed by atoms with Crippen LogP contribution in [0.4, 0.5) is 10.1 Å². The Bertz CT molecular complexity index is 1300. The van der Waals surface area contributed by atoms with Crippen molar-refractivity contribution in [1.29, 1.82) is 0 Å². The van der Waals surface area contributed by atoms with Crippen LogP contribution in [0.15, 0.2) is 43.1 Å². The molecule has 9 heteroatoms. The Morgan fingerprint density at radius 2 is 1.93 bits per heavy atom. The van der Waals surface area contributed by atoms with Crippen molar-refractivity contribution in [3.8, 4) is 22.8 Å². The molecule has 0 amide bonds. The fraction of sp³-hybridized carbons (Fsp3) is 0.150. The van der Waals surface area contributed by atoms with Gasteiger partial charge >= 0.3 is 0 Å². The number of anilines is 1. The molecule has 29 heavy (non-hydrogen) atoms. The van der Waals surface area contributed by atoms with Crippen LogP contribution in [0.2, 0.25) is 0 Å². The largest absolute Gasteiger partial charge is 0.382 e. The van der Waals surface area contributed by atoms with E-state index < -0.39 is 5.82 Å². The molecular formula is C20H17FN8. The molecule has 5 rings (SSSR count). The number of nitrogens with one attached hydrogen (secondary N) is 3. The molecule has 0 unspecified atom stereocenters. The molecule has 3 N–H and O–H groups in total. The first-order valence-electron chi connectivity index (χ1n) is 9.15. The molecule has 0 radical (unpaired) electrons. The zero-order chi connectivity index (χ0) is 20.0. The Hall–Kier alpha value is -3.88. The highest BCUT2D eigenvalue weighted by Crippen LogP contribution is 2.32. The predicted molar refractivity (Wildman–Crippen MR) is 109 cm³/mol. The van der Waals surface area contributed by atoms with Crippen molar-refractivity contribution in [3.05, 3.63) is 48.9 Å². The van der Waals surface area contributed by atoms with Crippen LogP contribution in [-0.4, -0.2) is 41.2 Å². The van der Waals surface area contributed by atoms with E-state index in [1.165, 1.54) is 0 Å². The van der Waals surface area contributed by atoms with Crippen LogP contribution < -0.4 is 5.32 Å². The number of rotatable bonds is 4. The Labute approximate surface area is 164 Å². The summed E-state index contributed by atoms with van der Waals surface area (Å²) in [6, 6.07) is 3.85. The summed E-state index contributed by atoms with van der Waals surface area (Å²) >= 11 is 0. The Morgan fingerprint density at radius 1 is 1.03 bits per heavy atom. The summed E-state index contributed by atoms with van der Waals surface area (Å²) in [5, 5.41) is 10.7. The van der Waals surface area contributed by atoms with Crippen molar-refractivity contribution in [2.45, 2.75) is 19.9 Å². The van der Waals surface area contributed by atoms with E-state index >= 15 is 4.39 Å². The number of hydrogen-bond acceptors (Lipinski definition) is 6. The SMILES string of the molecule is CC(C)Nc1cncc(-c2ncc3[nH]nc(-c4nc5ccncc5[nH]4)c3c2F)c1. The van der Waals surface area contributed by atoms with Gasteiger partial charge in [0.05, 0.1) is 40.0 Å². The molecule has 0 aromatic carbocycles. The molecule has 8 nitrogen and oxygen atoms in total. The van der Waals surface area contributed by atoms with Gasteiger partial charge in [-0.1, -0.05) is 0 Å². The zero-order valence-corrected chi connectivity index (χ0v) is 15.7. The second-order valence-corrected chi connectivity index (χ2v) is 7.02. The predicted octanol–water partition coefficient (Wildman–Crippen LogP) is 3.92. The van der Waals surface area contributed by atoms with Gasteiger partial charge in [0.25, 0.3) is 0 Å². The summed E-state index contributed by atoms with van der Waals surface area (Å²) in [6.45, 7) is 4.05. The van der Waals surface area contributed by atoms with Crippen molar-refractivity contribution in [3.63, 3.8) is 0 Å². The van der Waals surface area contributed by atoms with Crippen LogP contribution >= 0.6 is 0 Å². The fourth-order valence-electron chi connectivity index (χ4n) is 3.30. The van der Waals surface area contributed by atoms with Crippen LogP contribution in [-0.2, 0) is 0 Å². The van der Waals surface area contributed by atoms with Crippen LogP contribution in [0.25, 0.3) is 44.7 Å². The number of aromatic nitrogens is 7. The van der Waals surface area contributed by atoms with Crippen LogP contribution in [0.3, 0.4) is 0 Å². The lowest BCUT2D eigenvalue weighted by molar-refractivity contribution is 0.638. The molecule has 5 aromatic heterocycles. The Morgan fingerprint density at radius 3 is 2.76 bits per heavy atom. The van der Waals surface area contributed by atoms with Crippen LogP contribution in [0.5, 0.6) is 0 Å². The van der Waals surface area contributed by atoms with E-state index in [9.17, 15) is 0 Å². The molecule has 0 atom stereocenters. The van der Waals surface area contributed by atoms with E-state index in [-0.39, 0.29) is 11.7 Å². The summed E-state index contributed by atoms with van der Waals surface area (Å²) in [5.41, 5.74) is 3.96. The van der Waals surface area contributed by atoms with E-state index in [2.05, 4.69) is 40.4 Å². The van der Waals surface area contributed by atoms with Crippen molar-refractivity contribution in [2.24, 2.45) is 0 Å². The zero-order valence-electron chi connectivity index (χ0n) is 15.7. The van der Waals surface area contributed by atoms with Gasteiger partial charge in [-0.3, -0.25) is 20.1 Å². The third kappa shape index (κ3) is 2.96. The number of fused-ring (bicyclic) bond motifs is 2. The average molecular weight is 388 g/mol. The second-order valence-electron chi connectivity index (χ2n) is 7.02. The van der Waals surface area contributed by atoms with Crippen molar-refractivity contribution >= 4 is 27.6 Å². The second kappa shape index (κ2) is 6.62. The molecule has 0 aliphatic rings. The summed E-state index contributed by atoms with van der Waals surface area (Å²) in [4.78, 5) is 20.2. The van der Waals surface area contributed by atoms with Gasteiger partial charge in [0.15, 0.2) is 11.6 Å². The maximum Gasteiger partial charge on any atom is 0.161 e. The quantitative estimate of drug-likeness (QED) is 0.431. The Balaban J connectivity index is 1.66. The third-order valence-electron chi connectivity index (χ3n) is 4.52. The van der Waals surface area contributed by atoms with Crippen molar-refractivity contribution in [1.82, 2.24) is 35.1 Å². The van der Waals surface area contributed by atoms with Gasteiger partial charge in [-0.25, -0.2) is 9.37 Å². The standard InChI is InChI=1S/C20H17FN8/c1-10(2)25-12-5-11(6-23-7-12)18-17(21)16-15(9-24-18)28-29-19(16)20-26-13-3-4-22-8-14(13)27-20/h3-10,25H,1-2H3,(H,26,27)(H,28,29).